The number of aromatic nitrogens is 2. The molecule has 2 N–H and O–H groups in total. The van der Waals surface area contributed by atoms with Crippen molar-refractivity contribution in [3.63, 3.8) is 0 Å². The van der Waals surface area contributed by atoms with Gasteiger partial charge in [0, 0.05) is 23.0 Å². The Hall–Kier alpha value is -2.74. The quantitative estimate of drug-likeness (QED) is 0.697. The lowest BCUT2D eigenvalue weighted by atomic mass is 10.1. The molecule has 1 fully saturated rings. The van der Waals surface area contributed by atoms with Crippen LogP contribution >= 0.6 is 11.6 Å². The number of halogens is 1. The van der Waals surface area contributed by atoms with Crippen LogP contribution in [0.1, 0.15) is 20.8 Å². The van der Waals surface area contributed by atoms with Gasteiger partial charge in [0.15, 0.2) is 11.4 Å². The fourth-order valence-electron chi connectivity index (χ4n) is 3.01. The van der Waals surface area contributed by atoms with E-state index in [2.05, 4.69) is 9.97 Å². The third-order valence-electron chi connectivity index (χ3n) is 4.97. The van der Waals surface area contributed by atoms with E-state index in [4.69, 9.17) is 26.5 Å². The standard InChI is InChI=1S/C19H22ClN5O3/c1-19(2,3)24(4)18(26)27-11-8-25(9-11)16-15-14(22-17(21)23-16)12-7-10(20)5-6-13(12)28-15/h5-7,11H,8-9H2,1-4H3,(H2,21,22,23). The molecule has 0 unspecified atom stereocenters. The molecule has 28 heavy (non-hydrogen) atoms. The van der Waals surface area contributed by atoms with Gasteiger partial charge in [-0.1, -0.05) is 11.6 Å². The molecule has 0 radical (unpaired) electrons. The minimum Gasteiger partial charge on any atom is -0.450 e. The van der Waals surface area contributed by atoms with Crippen molar-refractivity contribution >= 4 is 51.5 Å². The van der Waals surface area contributed by atoms with E-state index in [9.17, 15) is 4.79 Å². The van der Waals surface area contributed by atoms with Gasteiger partial charge in [-0.15, -0.1) is 0 Å². The summed E-state index contributed by atoms with van der Waals surface area (Å²) in [6, 6.07) is 5.35. The van der Waals surface area contributed by atoms with Crippen molar-refractivity contribution in [2.45, 2.75) is 32.4 Å². The van der Waals surface area contributed by atoms with Crippen molar-refractivity contribution in [2.24, 2.45) is 0 Å². The zero-order chi connectivity index (χ0) is 20.2. The summed E-state index contributed by atoms with van der Waals surface area (Å²) in [6.45, 7) is 6.88. The van der Waals surface area contributed by atoms with Crippen LogP contribution < -0.4 is 10.6 Å². The van der Waals surface area contributed by atoms with Gasteiger partial charge in [0.2, 0.25) is 5.95 Å². The molecular weight excluding hydrogens is 382 g/mol. The number of nitrogen functional groups attached to an aromatic ring is 1. The number of benzene rings is 1. The van der Waals surface area contributed by atoms with Crippen LogP contribution in [0.25, 0.3) is 22.1 Å². The first-order chi connectivity index (χ1) is 13.1. The van der Waals surface area contributed by atoms with Crippen LogP contribution in [-0.2, 0) is 4.74 Å². The van der Waals surface area contributed by atoms with Crippen LogP contribution in [0.15, 0.2) is 22.6 Å². The van der Waals surface area contributed by atoms with Crippen LogP contribution in [0.3, 0.4) is 0 Å². The third kappa shape index (κ3) is 3.17. The second-order valence-electron chi connectivity index (χ2n) is 7.97. The van der Waals surface area contributed by atoms with Crippen LogP contribution in [0.2, 0.25) is 5.02 Å². The van der Waals surface area contributed by atoms with Gasteiger partial charge in [-0.25, -0.2) is 9.78 Å². The molecule has 4 rings (SSSR count). The summed E-state index contributed by atoms with van der Waals surface area (Å²) in [7, 11) is 1.73. The summed E-state index contributed by atoms with van der Waals surface area (Å²) >= 11 is 6.10. The molecule has 3 heterocycles. The molecule has 3 aromatic rings. The second-order valence-corrected chi connectivity index (χ2v) is 8.40. The van der Waals surface area contributed by atoms with Gasteiger partial charge in [-0.2, -0.15) is 4.98 Å². The number of ether oxygens (including phenoxy) is 1. The molecule has 8 nitrogen and oxygen atoms in total. The molecule has 148 valence electrons. The van der Waals surface area contributed by atoms with Crippen molar-refractivity contribution in [3.8, 4) is 0 Å². The lowest BCUT2D eigenvalue weighted by Gasteiger charge is -2.41. The first kappa shape index (κ1) is 18.6. The topological polar surface area (TPSA) is 97.7 Å². The van der Waals surface area contributed by atoms with Gasteiger partial charge in [-0.05, 0) is 39.0 Å². The lowest BCUT2D eigenvalue weighted by molar-refractivity contribution is 0.0365. The average Bonchev–Trinajstić information content (AvgIpc) is 2.93. The fourth-order valence-corrected chi connectivity index (χ4v) is 3.19. The third-order valence-corrected chi connectivity index (χ3v) is 5.20. The molecule has 2 aromatic heterocycles. The average molecular weight is 404 g/mol. The van der Waals surface area contributed by atoms with Gasteiger partial charge in [-0.3, -0.25) is 0 Å². The Kier molecular flexibility index (Phi) is 4.26. The number of fused-ring (bicyclic) bond motifs is 3. The Morgan fingerprint density at radius 1 is 1.36 bits per heavy atom. The number of anilines is 2. The van der Waals surface area contributed by atoms with E-state index in [1.807, 2.05) is 25.7 Å². The Balaban J connectivity index is 1.56. The number of nitrogens with zero attached hydrogens (tertiary/aromatic N) is 4. The number of amides is 1. The highest BCUT2D eigenvalue weighted by Gasteiger charge is 2.35. The summed E-state index contributed by atoms with van der Waals surface area (Å²) in [5.74, 6) is 0.740. The minimum absolute atomic E-state index is 0.151. The zero-order valence-corrected chi connectivity index (χ0v) is 16.9. The molecule has 1 aromatic carbocycles. The van der Waals surface area contributed by atoms with E-state index >= 15 is 0 Å². The molecule has 0 spiro atoms. The molecule has 1 aliphatic rings. The second kappa shape index (κ2) is 6.41. The maximum absolute atomic E-state index is 12.3. The van der Waals surface area contributed by atoms with Crippen LogP contribution in [0.4, 0.5) is 16.6 Å². The number of carbonyl (C=O) groups excluding carboxylic acids is 1. The number of hydrogen-bond acceptors (Lipinski definition) is 7. The maximum atomic E-state index is 12.3. The Labute approximate surface area is 167 Å². The highest BCUT2D eigenvalue weighted by Crippen LogP contribution is 2.36. The Morgan fingerprint density at radius 3 is 2.75 bits per heavy atom. The summed E-state index contributed by atoms with van der Waals surface area (Å²) < 4.78 is 11.5. The summed E-state index contributed by atoms with van der Waals surface area (Å²) in [4.78, 5) is 24.5. The summed E-state index contributed by atoms with van der Waals surface area (Å²) in [6.07, 6.45) is -0.565. The molecule has 0 aliphatic carbocycles. The number of hydrogen-bond donors (Lipinski definition) is 1. The van der Waals surface area contributed by atoms with Crippen LogP contribution in [0, 0.1) is 0 Å². The van der Waals surface area contributed by atoms with Crippen molar-refractivity contribution in [3.05, 3.63) is 23.2 Å². The maximum Gasteiger partial charge on any atom is 0.410 e. The van der Waals surface area contributed by atoms with E-state index < -0.39 is 0 Å². The number of carbonyl (C=O) groups is 1. The number of rotatable bonds is 2. The van der Waals surface area contributed by atoms with Crippen LogP contribution in [-0.4, -0.2) is 52.7 Å². The summed E-state index contributed by atoms with van der Waals surface area (Å²) in [5, 5.41) is 1.38. The lowest BCUT2D eigenvalue weighted by Crippen LogP contribution is -2.55. The zero-order valence-electron chi connectivity index (χ0n) is 16.2. The molecule has 1 saturated heterocycles. The monoisotopic (exact) mass is 403 g/mol. The van der Waals surface area contributed by atoms with E-state index in [0.717, 1.165) is 5.39 Å². The highest BCUT2D eigenvalue weighted by molar-refractivity contribution is 6.31. The molecule has 0 atom stereocenters. The van der Waals surface area contributed by atoms with Crippen molar-refractivity contribution in [2.75, 3.05) is 30.8 Å². The van der Waals surface area contributed by atoms with Gasteiger partial charge in [0.05, 0.1) is 13.1 Å². The number of furan rings is 1. The molecule has 0 bridgehead atoms. The van der Waals surface area contributed by atoms with Crippen LogP contribution in [0.5, 0.6) is 0 Å². The Bertz CT molecular complexity index is 1070. The van der Waals surface area contributed by atoms with Crippen molar-refractivity contribution < 1.29 is 13.9 Å². The van der Waals surface area contributed by atoms with E-state index in [1.54, 1.807) is 30.1 Å². The highest BCUT2D eigenvalue weighted by atomic mass is 35.5. The molecule has 1 amide bonds. The van der Waals surface area contributed by atoms with Gasteiger partial charge in [0.25, 0.3) is 0 Å². The van der Waals surface area contributed by atoms with Crippen molar-refractivity contribution in [1.29, 1.82) is 0 Å². The largest absolute Gasteiger partial charge is 0.450 e. The molecule has 1 aliphatic heterocycles. The molecular formula is C19H22ClN5O3. The smallest absolute Gasteiger partial charge is 0.410 e. The first-order valence-corrected chi connectivity index (χ1v) is 9.36. The van der Waals surface area contributed by atoms with E-state index in [1.165, 1.54) is 0 Å². The minimum atomic E-state index is -0.345. The SMILES string of the molecule is CN(C(=O)OC1CN(c2nc(N)nc3c2oc2ccc(Cl)cc23)C1)C(C)(C)C. The van der Waals surface area contributed by atoms with Gasteiger partial charge < -0.3 is 24.7 Å². The number of nitrogens with two attached hydrogens (primary N) is 1. The van der Waals surface area contributed by atoms with Gasteiger partial charge in [0.1, 0.15) is 17.2 Å². The van der Waals surface area contributed by atoms with Crippen molar-refractivity contribution in [1.82, 2.24) is 14.9 Å². The van der Waals surface area contributed by atoms with E-state index in [0.29, 0.717) is 40.6 Å². The van der Waals surface area contributed by atoms with E-state index in [-0.39, 0.29) is 23.7 Å². The van der Waals surface area contributed by atoms with Gasteiger partial charge >= 0.3 is 6.09 Å². The predicted octanol–water partition coefficient (Wildman–Crippen LogP) is 3.67. The predicted molar refractivity (Wildman–Crippen MR) is 109 cm³/mol. The Morgan fingerprint density at radius 2 is 2.07 bits per heavy atom. The molecule has 9 heteroatoms. The molecule has 0 saturated carbocycles. The first-order valence-electron chi connectivity index (χ1n) is 8.98. The normalized spacial score (nSPS) is 15.1. The summed E-state index contributed by atoms with van der Waals surface area (Å²) in [5.41, 5.74) is 7.44. The fraction of sp³-hybridized carbons (Fsp3) is 0.421.